The molecule has 0 spiro atoms. The van der Waals surface area contributed by atoms with Gasteiger partial charge in [-0.3, -0.25) is 9.59 Å². The van der Waals surface area contributed by atoms with E-state index in [-0.39, 0.29) is 21.8 Å². The Labute approximate surface area is 151 Å². The van der Waals surface area contributed by atoms with E-state index in [0.29, 0.717) is 16.7 Å². The third-order valence-electron chi connectivity index (χ3n) is 3.97. The summed E-state index contributed by atoms with van der Waals surface area (Å²) in [4.78, 5) is 25.9. The van der Waals surface area contributed by atoms with Crippen LogP contribution in [0.25, 0.3) is 0 Å². The van der Waals surface area contributed by atoms with Gasteiger partial charge in [-0.15, -0.1) is 0 Å². The predicted molar refractivity (Wildman–Crippen MR) is 99.2 cm³/mol. The van der Waals surface area contributed by atoms with Crippen LogP contribution in [0, 0.1) is 13.8 Å². The van der Waals surface area contributed by atoms with Crippen molar-refractivity contribution in [2.45, 2.75) is 20.8 Å². The van der Waals surface area contributed by atoms with Crippen molar-refractivity contribution in [1.82, 2.24) is 0 Å². The molecular formula is C18H17Cl2O3P. The highest BCUT2D eigenvalue weighted by molar-refractivity contribution is 7.95. The Morgan fingerprint density at radius 2 is 1.29 bits per heavy atom. The van der Waals surface area contributed by atoms with Gasteiger partial charge in [-0.1, -0.05) is 54.4 Å². The normalized spacial score (nSPS) is 13.4. The monoisotopic (exact) mass is 382 g/mol. The average molecular weight is 383 g/mol. The number of benzene rings is 2. The largest absolute Gasteiger partial charge is 0.307 e. The lowest BCUT2D eigenvalue weighted by Gasteiger charge is -2.18. The van der Waals surface area contributed by atoms with Gasteiger partial charge in [-0.05, 0) is 37.1 Å². The Morgan fingerprint density at radius 3 is 1.75 bits per heavy atom. The molecule has 3 nitrogen and oxygen atoms in total. The topological polar surface area (TPSA) is 51.2 Å². The Kier molecular flexibility index (Phi) is 5.70. The number of carbonyl (C=O) groups excluding carboxylic acids is 2. The SMILES string of the molecule is CCP(=O)(C(=O)c1c(C)cccc1C)C(=O)c1c(Cl)cccc1Cl. The standard InChI is InChI=1S/C18H17Cl2O3P/c1-4-24(23,17(21)15-11(2)7-5-8-12(15)3)18(22)16-13(19)9-6-10-14(16)20/h5-10H,4H2,1-3H3. The maximum Gasteiger partial charge on any atom is 0.231 e. The second kappa shape index (κ2) is 7.23. The minimum Gasteiger partial charge on any atom is -0.307 e. The molecule has 0 aliphatic carbocycles. The molecule has 0 saturated heterocycles. The molecule has 0 aromatic heterocycles. The van der Waals surface area contributed by atoms with Crippen molar-refractivity contribution in [3.05, 3.63) is 68.7 Å². The van der Waals surface area contributed by atoms with E-state index in [1.54, 1.807) is 39.0 Å². The zero-order valence-corrected chi connectivity index (χ0v) is 16.0. The Morgan fingerprint density at radius 1 is 0.875 bits per heavy atom. The molecule has 0 N–H and O–H groups in total. The Hall–Kier alpha value is -1.41. The van der Waals surface area contributed by atoms with E-state index >= 15 is 0 Å². The molecule has 0 aliphatic rings. The molecule has 0 heterocycles. The fourth-order valence-corrected chi connectivity index (χ4v) is 5.37. The van der Waals surface area contributed by atoms with Gasteiger partial charge < -0.3 is 4.57 Å². The third-order valence-corrected chi connectivity index (χ3v) is 7.25. The lowest BCUT2D eigenvalue weighted by atomic mass is 10.0. The molecule has 0 bridgehead atoms. The van der Waals surface area contributed by atoms with Gasteiger partial charge in [-0.25, -0.2) is 0 Å². The number of aryl methyl sites for hydroxylation is 2. The number of carbonyl (C=O) groups is 2. The van der Waals surface area contributed by atoms with E-state index in [1.807, 2.05) is 6.07 Å². The van der Waals surface area contributed by atoms with Crippen LogP contribution in [0.4, 0.5) is 0 Å². The molecule has 0 radical (unpaired) electrons. The van der Waals surface area contributed by atoms with E-state index in [1.165, 1.54) is 12.1 Å². The van der Waals surface area contributed by atoms with Crippen molar-refractivity contribution in [3.8, 4) is 0 Å². The molecule has 0 saturated carbocycles. The van der Waals surface area contributed by atoms with Crippen molar-refractivity contribution >= 4 is 41.4 Å². The van der Waals surface area contributed by atoms with E-state index in [9.17, 15) is 14.2 Å². The molecule has 2 rings (SSSR count). The second-order valence-corrected chi connectivity index (χ2v) is 9.27. The lowest BCUT2D eigenvalue weighted by molar-refractivity contribution is 0.103. The summed E-state index contributed by atoms with van der Waals surface area (Å²) in [5.41, 5.74) is 0.234. The van der Waals surface area contributed by atoms with E-state index in [0.717, 1.165) is 0 Å². The zero-order chi connectivity index (χ0) is 18.1. The molecule has 126 valence electrons. The highest BCUT2D eigenvalue weighted by Crippen LogP contribution is 2.53. The van der Waals surface area contributed by atoms with Gasteiger partial charge in [0.15, 0.2) is 0 Å². The van der Waals surface area contributed by atoms with Crippen LogP contribution in [0.5, 0.6) is 0 Å². The van der Waals surface area contributed by atoms with E-state index in [4.69, 9.17) is 23.2 Å². The van der Waals surface area contributed by atoms with Gasteiger partial charge in [-0.2, -0.15) is 0 Å². The summed E-state index contributed by atoms with van der Waals surface area (Å²) in [5.74, 6) is 0. The summed E-state index contributed by atoms with van der Waals surface area (Å²) < 4.78 is 13.4. The maximum atomic E-state index is 13.4. The maximum absolute atomic E-state index is 13.4. The lowest BCUT2D eigenvalue weighted by Crippen LogP contribution is -2.15. The molecule has 0 fully saturated rings. The summed E-state index contributed by atoms with van der Waals surface area (Å²) in [7, 11) is -3.88. The minimum absolute atomic E-state index is 0.0504. The van der Waals surface area contributed by atoms with Gasteiger partial charge in [0.05, 0.1) is 15.6 Å². The van der Waals surface area contributed by atoms with Gasteiger partial charge >= 0.3 is 0 Å². The Bertz CT molecular complexity index is 767. The molecular weight excluding hydrogens is 366 g/mol. The summed E-state index contributed by atoms with van der Waals surface area (Å²) >= 11 is 12.1. The summed E-state index contributed by atoms with van der Waals surface area (Å²) in [6, 6.07) is 9.89. The molecule has 2 aromatic carbocycles. The first-order chi connectivity index (χ1) is 11.2. The highest BCUT2D eigenvalue weighted by atomic mass is 35.5. The first-order valence-electron chi connectivity index (χ1n) is 7.43. The van der Waals surface area contributed by atoms with Gasteiger partial charge in [0.25, 0.3) is 0 Å². The van der Waals surface area contributed by atoms with Crippen LogP contribution in [0.15, 0.2) is 36.4 Å². The molecule has 1 atom stereocenters. The quantitative estimate of drug-likeness (QED) is 0.598. The minimum atomic E-state index is -3.88. The van der Waals surface area contributed by atoms with Crippen LogP contribution in [0.3, 0.4) is 0 Å². The van der Waals surface area contributed by atoms with Crippen LogP contribution in [-0.2, 0) is 4.57 Å². The fraction of sp³-hybridized carbons (Fsp3) is 0.222. The second-order valence-electron chi connectivity index (χ2n) is 5.53. The predicted octanol–water partition coefficient (Wildman–Crippen LogP) is 5.97. The van der Waals surface area contributed by atoms with Crippen molar-refractivity contribution in [3.63, 3.8) is 0 Å². The fourth-order valence-electron chi connectivity index (χ4n) is 2.59. The number of halogens is 2. The Balaban J connectivity index is 2.62. The van der Waals surface area contributed by atoms with Crippen molar-refractivity contribution in [1.29, 1.82) is 0 Å². The third kappa shape index (κ3) is 3.21. The van der Waals surface area contributed by atoms with Crippen LogP contribution in [0.2, 0.25) is 10.0 Å². The van der Waals surface area contributed by atoms with Gasteiger partial charge in [0, 0.05) is 11.7 Å². The van der Waals surface area contributed by atoms with Crippen LogP contribution >= 0.6 is 30.3 Å². The molecule has 0 amide bonds. The zero-order valence-electron chi connectivity index (χ0n) is 13.6. The van der Waals surface area contributed by atoms with Crippen molar-refractivity contribution in [2.24, 2.45) is 0 Å². The van der Waals surface area contributed by atoms with Gasteiger partial charge in [0.1, 0.15) is 0 Å². The van der Waals surface area contributed by atoms with Crippen LogP contribution < -0.4 is 0 Å². The summed E-state index contributed by atoms with van der Waals surface area (Å²) in [6.45, 7) is 5.08. The highest BCUT2D eigenvalue weighted by Gasteiger charge is 2.41. The van der Waals surface area contributed by atoms with Crippen molar-refractivity contribution in [2.75, 3.05) is 6.16 Å². The van der Waals surface area contributed by atoms with E-state index in [2.05, 4.69) is 0 Å². The summed E-state index contributed by atoms with van der Waals surface area (Å²) in [5, 5.41) is 0.186. The molecule has 1 unspecified atom stereocenters. The molecule has 24 heavy (non-hydrogen) atoms. The molecule has 0 aliphatic heterocycles. The smallest absolute Gasteiger partial charge is 0.231 e. The van der Waals surface area contributed by atoms with Crippen molar-refractivity contribution < 1.29 is 14.2 Å². The molecule has 2 aromatic rings. The first-order valence-corrected chi connectivity index (χ1v) is 10.1. The van der Waals surface area contributed by atoms with E-state index < -0.39 is 18.2 Å². The number of rotatable bonds is 5. The van der Waals surface area contributed by atoms with Crippen LogP contribution in [-0.4, -0.2) is 17.2 Å². The van der Waals surface area contributed by atoms with Crippen LogP contribution in [0.1, 0.15) is 38.8 Å². The summed E-state index contributed by atoms with van der Waals surface area (Å²) in [6.07, 6.45) is -0.0833. The number of hydrogen-bond acceptors (Lipinski definition) is 3. The molecule has 6 heteroatoms. The number of hydrogen-bond donors (Lipinski definition) is 0. The first kappa shape index (κ1) is 18.9. The van der Waals surface area contributed by atoms with Gasteiger partial charge in [0.2, 0.25) is 18.2 Å². The average Bonchev–Trinajstić information content (AvgIpc) is 2.53.